The number of rotatable bonds is 4. The van der Waals surface area contributed by atoms with Crippen LogP contribution in [-0.2, 0) is 5.54 Å². The van der Waals surface area contributed by atoms with E-state index in [4.69, 9.17) is 0 Å². The molecule has 1 N–H and O–H groups in total. The molecule has 5 heteroatoms. The SMILES string of the molecule is CC(C)(c1cc(C2CC2)ccc1F)N(C(=O)O)C1CN2CCC1CC2. The summed E-state index contributed by atoms with van der Waals surface area (Å²) in [5.74, 6) is 0.599. The normalized spacial score (nSPS) is 28.8. The average molecular weight is 346 g/mol. The van der Waals surface area contributed by atoms with Crippen LogP contribution in [-0.4, -0.2) is 46.7 Å². The number of carbonyl (C=O) groups is 1. The van der Waals surface area contributed by atoms with Gasteiger partial charge in [0.15, 0.2) is 0 Å². The fourth-order valence-corrected chi connectivity index (χ4v) is 4.83. The van der Waals surface area contributed by atoms with Crippen molar-refractivity contribution in [3.8, 4) is 0 Å². The zero-order valence-corrected chi connectivity index (χ0v) is 15.0. The summed E-state index contributed by atoms with van der Waals surface area (Å²) < 4.78 is 14.7. The molecule has 1 aromatic rings. The van der Waals surface area contributed by atoms with Gasteiger partial charge in [0.1, 0.15) is 5.82 Å². The van der Waals surface area contributed by atoms with Gasteiger partial charge in [-0.2, -0.15) is 0 Å². The van der Waals surface area contributed by atoms with Crippen molar-refractivity contribution < 1.29 is 14.3 Å². The van der Waals surface area contributed by atoms with Crippen molar-refractivity contribution in [3.05, 3.63) is 35.1 Å². The third-order valence-corrected chi connectivity index (χ3v) is 6.46. The molecule has 1 saturated carbocycles. The maximum atomic E-state index is 14.7. The van der Waals surface area contributed by atoms with Gasteiger partial charge in [-0.05, 0) is 76.1 Å². The second-order valence-electron chi connectivity index (χ2n) is 8.43. The lowest BCUT2D eigenvalue weighted by Gasteiger charge is -2.52. The van der Waals surface area contributed by atoms with Gasteiger partial charge in [-0.15, -0.1) is 0 Å². The van der Waals surface area contributed by atoms with E-state index in [2.05, 4.69) is 4.90 Å². The van der Waals surface area contributed by atoms with E-state index >= 15 is 0 Å². The zero-order chi connectivity index (χ0) is 17.8. The quantitative estimate of drug-likeness (QED) is 0.896. The fraction of sp³-hybridized carbons (Fsp3) is 0.650. The standard InChI is InChI=1S/C20H27FN2O2/c1-20(2,16-11-15(13-3-4-13)5-6-17(16)21)23(19(24)25)18-12-22-9-7-14(18)8-10-22/h5-6,11,13-14,18H,3-4,7-10,12H2,1-2H3,(H,24,25). The summed E-state index contributed by atoms with van der Waals surface area (Å²) in [7, 11) is 0. The van der Waals surface area contributed by atoms with Crippen LogP contribution >= 0.6 is 0 Å². The summed E-state index contributed by atoms with van der Waals surface area (Å²) in [5.41, 5.74) is 0.767. The van der Waals surface area contributed by atoms with E-state index in [0.29, 0.717) is 17.4 Å². The maximum absolute atomic E-state index is 14.7. The first-order valence-electron chi connectivity index (χ1n) is 9.42. The molecule has 1 aromatic carbocycles. The number of fused-ring (bicyclic) bond motifs is 3. The highest BCUT2D eigenvalue weighted by Gasteiger charge is 2.46. The first-order chi connectivity index (χ1) is 11.9. The Morgan fingerprint density at radius 1 is 1.24 bits per heavy atom. The van der Waals surface area contributed by atoms with Gasteiger partial charge < -0.3 is 10.0 Å². The number of hydrogen-bond donors (Lipinski definition) is 1. The Labute approximate surface area is 148 Å². The highest BCUT2D eigenvalue weighted by atomic mass is 19.1. The molecule has 4 aliphatic rings. The number of carboxylic acid groups (broad SMARTS) is 1. The first-order valence-corrected chi connectivity index (χ1v) is 9.42. The first kappa shape index (κ1) is 16.8. The van der Waals surface area contributed by atoms with Crippen LogP contribution in [0.5, 0.6) is 0 Å². The van der Waals surface area contributed by atoms with E-state index in [1.54, 1.807) is 0 Å². The molecule has 3 heterocycles. The number of hydrogen-bond acceptors (Lipinski definition) is 2. The number of benzene rings is 1. The van der Waals surface area contributed by atoms with Gasteiger partial charge in [0.2, 0.25) is 0 Å². The van der Waals surface area contributed by atoms with Crippen molar-refractivity contribution in [3.63, 3.8) is 0 Å². The topological polar surface area (TPSA) is 43.8 Å². The number of amides is 1. The number of nitrogens with zero attached hydrogens (tertiary/aromatic N) is 2. The Morgan fingerprint density at radius 2 is 1.92 bits per heavy atom. The van der Waals surface area contributed by atoms with Crippen LogP contribution in [0.25, 0.3) is 0 Å². The molecule has 0 radical (unpaired) electrons. The molecule has 1 unspecified atom stereocenters. The molecule has 1 atom stereocenters. The molecule has 0 spiro atoms. The van der Waals surface area contributed by atoms with Gasteiger partial charge in [0.05, 0.1) is 11.6 Å². The molecule has 5 rings (SSSR count). The van der Waals surface area contributed by atoms with Crippen LogP contribution in [0.4, 0.5) is 9.18 Å². The predicted octanol–water partition coefficient (Wildman–Crippen LogP) is 4.01. The monoisotopic (exact) mass is 346 g/mol. The van der Waals surface area contributed by atoms with Crippen molar-refractivity contribution in [2.75, 3.05) is 19.6 Å². The van der Waals surface area contributed by atoms with Crippen LogP contribution in [0, 0.1) is 11.7 Å². The molecule has 4 fully saturated rings. The third kappa shape index (κ3) is 2.92. The molecule has 4 nitrogen and oxygen atoms in total. The van der Waals surface area contributed by atoms with E-state index < -0.39 is 11.6 Å². The second-order valence-corrected chi connectivity index (χ2v) is 8.43. The summed E-state index contributed by atoms with van der Waals surface area (Å²) in [4.78, 5) is 16.1. The Morgan fingerprint density at radius 3 is 2.44 bits per heavy atom. The third-order valence-electron chi connectivity index (χ3n) is 6.46. The van der Waals surface area contributed by atoms with Crippen LogP contribution in [0.15, 0.2) is 18.2 Å². The highest BCUT2D eigenvalue weighted by Crippen LogP contribution is 2.43. The smallest absolute Gasteiger partial charge is 0.408 e. The minimum Gasteiger partial charge on any atom is -0.465 e. The Hall–Kier alpha value is -1.62. The van der Waals surface area contributed by atoms with Gasteiger partial charge in [0, 0.05) is 12.1 Å². The van der Waals surface area contributed by atoms with Crippen molar-refractivity contribution >= 4 is 6.09 Å². The molecule has 25 heavy (non-hydrogen) atoms. The van der Waals surface area contributed by atoms with Crippen LogP contribution in [0.2, 0.25) is 0 Å². The summed E-state index contributed by atoms with van der Waals surface area (Å²) in [6, 6.07) is 5.22. The molecule has 1 amide bonds. The molecule has 136 valence electrons. The lowest BCUT2D eigenvalue weighted by Crippen LogP contribution is -2.62. The number of piperidine rings is 3. The Kier molecular flexibility index (Phi) is 4.02. The second kappa shape index (κ2) is 5.97. The minimum atomic E-state index is -0.944. The van der Waals surface area contributed by atoms with Crippen molar-refractivity contribution in [1.29, 1.82) is 0 Å². The van der Waals surface area contributed by atoms with E-state index in [1.807, 2.05) is 26.0 Å². The largest absolute Gasteiger partial charge is 0.465 e. The van der Waals surface area contributed by atoms with E-state index in [1.165, 1.54) is 11.0 Å². The van der Waals surface area contributed by atoms with Crippen LogP contribution < -0.4 is 0 Å². The lowest BCUT2D eigenvalue weighted by atomic mass is 9.80. The van der Waals surface area contributed by atoms with Crippen LogP contribution in [0.3, 0.4) is 0 Å². The summed E-state index contributed by atoms with van der Waals surface area (Å²) in [6.07, 6.45) is 3.42. The van der Waals surface area contributed by atoms with Gasteiger partial charge in [-0.1, -0.05) is 12.1 Å². The van der Waals surface area contributed by atoms with Crippen molar-refractivity contribution in [1.82, 2.24) is 9.80 Å². The van der Waals surface area contributed by atoms with E-state index in [9.17, 15) is 14.3 Å². The van der Waals surface area contributed by atoms with Gasteiger partial charge in [-0.25, -0.2) is 9.18 Å². The molecule has 0 aromatic heterocycles. The summed E-state index contributed by atoms with van der Waals surface area (Å²) >= 11 is 0. The average Bonchev–Trinajstić information content (AvgIpc) is 3.40. The van der Waals surface area contributed by atoms with Gasteiger partial charge >= 0.3 is 6.09 Å². The Balaban J connectivity index is 1.71. The molecular weight excluding hydrogens is 319 g/mol. The van der Waals surface area contributed by atoms with Gasteiger partial charge in [-0.3, -0.25) is 4.90 Å². The van der Waals surface area contributed by atoms with Crippen LogP contribution in [0.1, 0.15) is 56.6 Å². The Bertz CT molecular complexity index is 678. The van der Waals surface area contributed by atoms with Crippen molar-refractivity contribution in [2.45, 2.75) is 57.0 Å². The predicted molar refractivity (Wildman–Crippen MR) is 94.2 cm³/mol. The summed E-state index contributed by atoms with van der Waals surface area (Å²) in [6.45, 7) is 6.59. The number of halogens is 1. The fourth-order valence-electron chi connectivity index (χ4n) is 4.83. The maximum Gasteiger partial charge on any atom is 0.408 e. The molecule has 3 aliphatic heterocycles. The van der Waals surface area contributed by atoms with Crippen molar-refractivity contribution in [2.24, 2.45) is 5.92 Å². The minimum absolute atomic E-state index is 0.0565. The van der Waals surface area contributed by atoms with E-state index in [0.717, 1.165) is 50.9 Å². The van der Waals surface area contributed by atoms with Gasteiger partial charge in [0.25, 0.3) is 0 Å². The molecule has 2 bridgehead atoms. The molecular formula is C20H27FN2O2. The molecule has 1 aliphatic carbocycles. The zero-order valence-electron chi connectivity index (χ0n) is 15.0. The summed E-state index contributed by atoms with van der Waals surface area (Å²) in [5, 5.41) is 10.0. The van der Waals surface area contributed by atoms with E-state index in [-0.39, 0.29) is 11.9 Å². The highest BCUT2D eigenvalue weighted by molar-refractivity contribution is 5.67. The lowest BCUT2D eigenvalue weighted by molar-refractivity contribution is -0.0297. The molecule has 3 saturated heterocycles.